The lowest BCUT2D eigenvalue weighted by atomic mass is 10.1. The van der Waals surface area contributed by atoms with E-state index >= 15 is 0 Å². The summed E-state index contributed by atoms with van der Waals surface area (Å²) in [5.74, 6) is 1.02. The first-order valence-corrected chi connectivity index (χ1v) is 7.12. The first-order chi connectivity index (χ1) is 9.70. The summed E-state index contributed by atoms with van der Waals surface area (Å²) in [5, 5.41) is 3.34. The minimum atomic E-state index is 0.879. The molecule has 0 saturated carbocycles. The third kappa shape index (κ3) is 3.81. The van der Waals surface area contributed by atoms with Gasteiger partial charge in [0.15, 0.2) is 0 Å². The van der Waals surface area contributed by atoms with Gasteiger partial charge in [-0.2, -0.15) is 0 Å². The first-order valence-electron chi connectivity index (χ1n) is 7.12. The molecule has 2 aromatic rings. The number of rotatable bonds is 6. The Balaban J connectivity index is 2.09. The quantitative estimate of drug-likeness (QED) is 0.873. The Labute approximate surface area is 121 Å². The molecule has 1 aromatic carbocycles. The Morgan fingerprint density at radius 3 is 2.75 bits per heavy atom. The molecule has 1 N–H and O–H groups in total. The van der Waals surface area contributed by atoms with Gasteiger partial charge in [-0.15, -0.1) is 0 Å². The Hall–Kier alpha value is -1.87. The van der Waals surface area contributed by atoms with E-state index in [1.165, 1.54) is 16.7 Å². The number of benzene rings is 1. The van der Waals surface area contributed by atoms with Crippen LogP contribution in [-0.4, -0.2) is 18.6 Å². The standard InChI is InChI=1S/C17H23N3/c1-4-18-12-15-9-10-19-17(11-15)20(3)13-16-8-6-5-7-14(16)2/h5-11,18H,4,12-13H2,1-3H3. The Morgan fingerprint density at radius 1 is 1.20 bits per heavy atom. The molecular formula is C17H23N3. The first kappa shape index (κ1) is 14.5. The summed E-state index contributed by atoms with van der Waals surface area (Å²) >= 11 is 0. The molecule has 0 unspecified atom stereocenters. The van der Waals surface area contributed by atoms with Gasteiger partial charge in [-0.05, 0) is 42.3 Å². The number of pyridine rings is 1. The van der Waals surface area contributed by atoms with Crippen LogP contribution in [0.25, 0.3) is 0 Å². The molecule has 0 bridgehead atoms. The van der Waals surface area contributed by atoms with Crippen molar-refractivity contribution in [3.05, 3.63) is 59.3 Å². The fourth-order valence-corrected chi connectivity index (χ4v) is 2.17. The SMILES string of the molecule is CCNCc1ccnc(N(C)Cc2ccccc2C)c1. The summed E-state index contributed by atoms with van der Waals surface area (Å²) in [4.78, 5) is 6.66. The van der Waals surface area contributed by atoms with Crippen LogP contribution in [0.1, 0.15) is 23.6 Å². The molecule has 2 rings (SSSR count). The second kappa shape index (κ2) is 7.06. The summed E-state index contributed by atoms with van der Waals surface area (Å²) < 4.78 is 0. The van der Waals surface area contributed by atoms with Crippen molar-refractivity contribution in [1.82, 2.24) is 10.3 Å². The van der Waals surface area contributed by atoms with Crippen molar-refractivity contribution in [2.45, 2.75) is 26.9 Å². The molecule has 3 nitrogen and oxygen atoms in total. The molecule has 0 saturated heterocycles. The van der Waals surface area contributed by atoms with Crippen LogP contribution in [-0.2, 0) is 13.1 Å². The molecule has 0 spiro atoms. The predicted molar refractivity (Wildman–Crippen MR) is 84.9 cm³/mol. The number of nitrogens with zero attached hydrogens (tertiary/aromatic N) is 2. The molecule has 0 aliphatic heterocycles. The third-order valence-electron chi connectivity index (χ3n) is 3.45. The van der Waals surface area contributed by atoms with Crippen LogP contribution in [0.2, 0.25) is 0 Å². The van der Waals surface area contributed by atoms with Gasteiger partial charge in [0.25, 0.3) is 0 Å². The lowest BCUT2D eigenvalue weighted by molar-refractivity contribution is 0.725. The predicted octanol–water partition coefficient (Wildman–Crippen LogP) is 3.14. The lowest BCUT2D eigenvalue weighted by Crippen LogP contribution is -2.19. The third-order valence-corrected chi connectivity index (χ3v) is 3.45. The molecule has 0 aliphatic carbocycles. The Kier molecular flexibility index (Phi) is 5.13. The molecule has 106 valence electrons. The molecule has 0 atom stereocenters. The fourth-order valence-electron chi connectivity index (χ4n) is 2.17. The smallest absolute Gasteiger partial charge is 0.128 e. The van der Waals surface area contributed by atoms with Crippen molar-refractivity contribution >= 4 is 5.82 Å². The highest BCUT2D eigenvalue weighted by molar-refractivity contribution is 5.42. The normalized spacial score (nSPS) is 10.6. The molecule has 20 heavy (non-hydrogen) atoms. The van der Waals surface area contributed by atoms with Gasteiger partial charge in [-0.25, -0.2) is 4.98 Å². The molecule has 1 aromatic heterocycles. The molecule has 0 aliphatic rings. The maximum atomic E-state index is 4.47. The van der Waals surface area contributed by atoms with E-state index in [4.69, 9.17) is 0 Å². The molecule has 1 heterocycles. The van der Waals surface area contributed by atoms with Crippen molar-refractivity contribution in [2.24, 2.45) is 0 Å². The zero-order valence-electron chi connectivity index (χ0n) is 12.6. The zero-order valence-corrected chi connectivity index (χ0v) is 12.6. The van der Waals surface area contributed by atoms with E-state index in [9.17, 15) is 0 Å². The van der Waals surface area contributed by atoms with Gasteiger partial charge in [0.1, 0.15) is 5.82 Å². The highest BCUT2D eigenvalue weighted by Crippen LogP contribution is 2.16. The lowest BCUT2D eigenvalue weighted by Gasteiger charge is -2.20. The summed E-state index contributed by atoms with van der Waals surface area (Å²) in [7, 11) is 2.09. The highest BCUT2D eigenvalue weighted by Gasteiger charge is 2.06. The average molecular weight is 269 g/mol. The van der Waals surface area contributed by atoms with Crippen molar-refractivity contribution in [1.29, 1.82) is 0 Å². The van der Waals surface area contributed by atoms with Gasteiger partial charge in [-0.1, -0.05) is 31.2 Å². The molecule has 3 heteroatoms. The summed E-state index contributed by atoms with van der Waals surface area (Å²) in [6.07, 6.45) is 1.89. The van der Waals surface area contributed by atoms with Crippen LogP contribution in [0, 0.1) is 6.92 Å². The van der Waals surface area contributed by atoms with Crippen molar-refractivity contribution < 1.29 is 0 Å². The van der Waals surface area contributed by atoms with Crippen LogP contribution in [0.15, 0.2) is 42.6 Å². The molecule has 0 radical (unpaired) electrons. The monoisotopic (exact) mass is 269 g/mol. The van der Waals surface area contributed by atoms with Crippen LogP contribution in [0.4, 0.5) is 5.82 Å². The summed E-state index contributed by atoms with van der Waals surface area (Å²) in [5.41, 5.74) is 3.94. The second-order valence-electron chi connectivity index (χ2n) is 5.09. The van der Waals surface area contributed by atoms with Gasteiger partial charge >= 0.3 is 0 Å². The molecular weight excluding hydrogens is 246 g/mol. The van der Waals surface area contributed by atoms with Crippen LogP contribution in [0.3, 0.4) is 0 Å². The number of aromatic nitrogens is 1. The van der Waals surface area contributed by atoms with Gasteiger partial charge in [-0.3, -0.25) is 0 Å². The molecule has 0 fully saturated rings. The van der Waals surface area contributed by atoms with E-state index in [0.29, 0.717) is 0 Å². The number of nitrogens with one attached hydrogen (secondary N) is 1. The fraction of sp³-hybridized carbons (Fsp3) is 0.353. The van der Waals surface area contributed by atoms with Crippen molar-refractivity contribution in [2.75, 3.05) is 18.5 Å². The van der Waals surface area contributed by atoms with Crippen LogP contribution in [0.5, 0.6) is 0 Å². The van der Waals surface area contributed by atoms with E-state index < -0.39 is 0 Å². The zero-order chi connectivity index (χ0) is 14.4. The number of anilines is 1. The van der Waals surface area contributed by atoms with Crippen molar-refractivity contribution in [3.8, 4) is 0 Å². The van der Waals surface area contributed by atoms with Crippen LogP contribution >= 0.6 is 0 Å². The van der Waals surface area contributed by atoms with E-state index in [-0.39, 0.29) is 0 Å². The number of hydrogen-bond donors (Lipinski definition) is 1. The Morgan fingerprint density at radius 2 is 2.00 bits per heavy atom. The number of aryl methyl sites for hydroxylation is 1. The van der Waals surface area contributed by atoms with Gasteiger partial charge in [0, 0.05) is 26.3 Å². The second-order valence-corrected chi connectivity index (χ2v) is 5.09. The van der Waals surface area contributed by atoms with Crippen molar-refractivity contribution in [3.63, 3.8) is 0 Å². The van der Waals surface area contributed by atoms with E-state index in [1.54, 1.807) is 0 Å². The maximum absolute atomic E-state index is 4.47. The minimum Gasteiger partial charge on any atom is -0.355 e. The largest absolute Gasteiger partial charge is 0.355 e. The Bertz CT molecular complexity index is 551. The van der Waals surface area contributed by atoms with Crippen LogP contribution < -0.4 is 10.2 Å². The van der Waals surface area contributed by atoms with E-state index in [1.807, 2.05) is 6.20 Å². The number of hydrogen-bond acceptors (Lipinski definition) is 3. The van der Waals surface area contributed by atoms with Gasteiger partial charge in [0.05, 0.1) is 0 Å². The topological polar surface area (TPSA) is 28.2 Å². The average Bonchev–Trinajstić information content (AvgIpc) is 2.48. The van der Waals surface area contributed by atoms with Gasteiger partial charge < -0.3 is 10.2 Å². The maximum Gasteiger partial charge on any atom is 0.128 e. The highest BCUT2D eigenvalue weighted by atomic mass is 15.2. The summed E-state index contributed by atoms with van der Waals surface area (Å²) in [6.45, 7) is 7.02. The van der Waals surface area contributed by atoms with E-state index in [0.717, 1.165) is 25.5 Å². The summed E-state index contributed by atoms with van der Waals surface area (Å²) in [6, 6.07) is 12.7. The van der Waals surface area contributed by atoms with Gasteiger partial charge in [0.2, 0.25) is 0 Å². The minimum absolute atomic E-state index is 0.879. The van der Waals surface area contributed by atoms with E-state index in [2.05, 4.69) is 72.5 Å². The molecule has 0 amide bonds.